The van der Waals surface area contributed by atoms with E-state index in [2.05, 4.69) is 5.32 Å². The smallest absolute Gasteiger partial charge is 0.253 e. The van der Waals surface area contributed by atoms with E-state index in [1.165, 1.54) is 0 Å². The van der Waals surface area contributed by atoms with E-state index in [0.717, 1.165) is 5.56 Å². The van der Waals surface area contributed by atoms with Crippen LogP contribution >= 0.6 is 0 Å². The fraction of sp³-hybridized carbons (Fsp3) is 0.300. The van der Waals surface area contributed by atoms with Crippen molar-refractivity contribution in [3.63, 3.8) is 0 Å². The highest BCUT2D eigenvalue weighted by atomic mass is 16.3. The van der Waals surface area contributed by atoms with Crippen LogP contribution in [-0.2, 0) is 0 Å². The zero-order valence-corrected chi connectivity index (χ0v) is 8.08. The van der Waals surface area contributed by atoms with Gasteiger partial charge in [-0.15, -0.1) is 0 Å². The Morgan fingerprint density at radius 2 is 2.29 bits per heavy atom. The molecule has 4 heteroatoms. The van der Waals surface area contributed by atoms with Gasteiger partial charge in [-0.25, -0.2) is 0 Å². The monoisotopic (exact) mass is 194 g/mol. The molecule has 0 atom stereocenters. The lowest BCUT2D eigenvalue weighted by Crippen LogP contribution is -2.27. The van der Waals surface area contributed by atoms with Gasteiger partial charge in [0, 0.05) is 12.2 Å². The molecule has 76 valence electrons. The summed E-state index contributed by atoms with van der Waals surface area (Å²) in [7, 11) is 0. The Labute approximate surface area is 82.7 Å². The summed E-state index contributed by atoms with van der Waals surface area (Å²) in [4.78, 5) is 11.5. The molecule has 0 saturated carbocycles. The molecule has 0 radical (unpaired) electrons. The van der Waals surface area contributed by atoms with E-state index in [0.29, 0.717) is 11.3 Å². The number of carbonyl (C=O) groups is 1. The third-order valence-corrected chi connectivity index (χ3v) is 1.97. The second kappa shape index (κ2) is 4.62. The Bertz CT molecular complexity index is 337. The molecule has 0 saturated heterocycles. The van der Waals surface area contributed by atoms with Crippen molar-refractivity contribution in [3.8, 4) is 0 Å². The highest BCUT2D eigenvalue weighted by molar-refractivity contribution is 5.99. The van der Waals surface area contributed by atoms with Crippen molar-refractivity contribution < 1.29 is 9.90 Å². The van der Waals surface area contributed by atoms with Gasteiger partial charge in [0.25, 0.3) is 5.91 Å². The Morgan fingerprint density at radius 3 is 2.93 bits per heavy atom. The Balaban J connectivity index is 2.84. The third-order valence-electron chi connectivity index (χ3n) is 1.97. The van der Waals surface area contributed by atoms with Gasteiger partial charge in [0.1, 0.15) is 0 Å². The van der Waals surface area contributed by atoms with E-state index in [4.69, 9.17) is 10.8 Å². The first-order chi connectivity index (χ1) is 6.66. The number of carbonyl (C=O) groups excluding carboxylic acids is 1. The van der Waals surface area contributed by atoms with Crippen LogP contribution in [0.3, 0.4) is 0 Å². The Kier molecular flexibility index (Phi) is 3.48. The fourth-order valence-electron chi connectivity index (χ4n) is 1.14. The number of hydrogen-bond acceptors (Lipinski definition) is 3. The van der Waals surface area contributed by atoms with Crippen LogP contribution in [0.5, 0.6) is 0 Å². The first kappa shape index (κ1) is 10.5. The van der Waals surface area contributed by atoms with Crippen molar-refractivity contribution in [2.45, 2.75) is 6.92 Å². The van der Waals surface area contributed by atoms with Crippen LogP contribution in [0.25, 0.3) is 0 Å². The van der Waals surface area contributed by atoms with Crippen molar-refractivity contribution in [1.82, 2.24) is 5.32 Å². The topological polar surface area (TPSA) is 75.3 Å². The lowest BCUT2D eigenvalue weighted by Gasteiger charge is -2.07. The molecule has 0 unspecified atom stereocenters. The van der Waals surface area contributed by atoms with E-state index in [-0.39, 0.29) is 19.1 Å². The SMILES string of the molecule is Cc1cccc(C(=O)NCCO)c1N. The van der Waals surface area contributed by atoms with E-state index in [9.17, 15) is 4.79 Å². The minimum Gasteiger partial charge on any atom is -0.398 e. The van der Waals surface area contributed by atoms with Gasteiger partial charge in [0.15, 0.2) is 0 Å². The predicted octanol–water partition coefficient (Wildman–Crippen LogP) is 0.299. The number of nitrogen functional groups attached to an aromatic ring is 1. The van der Waals surface area contributed by atoms with Crippen molar-refractivity contribution in [2.24, 2.45) is 0 Å². The summed E-state index contributed by atoms with van der Waals surface area (Å²) in [5.41, 5.74) is 7.55. The van der Waals surface area contributed by atoms with Crippen molar-refractivity contribution in [1.29, 1.82) is 0 Å². The van der Waals surface area contributed by atoms with E-state index < -0.39 is 0 Å². The molecule has 0 aliphatic rings. The van der Waals surface area contributed by atoms with Gasteiger partial charge in [-0.05, 0) is 18.6 Å². The highest BCUT2D eigenvalue weighted by Crippen LogP contribution is 2.15. The molecule has 14 heavy (non-hydrogen) atoms. The van der Waals surface area contributed by atoms with Gasteiger partial charge in [-0.1, -0.05) is 12.1 Å². The zero-order valence-electron chi connectivity index (χ0n) is 8.08. The molecule has 1 aromatic rings. The van der Waals surface area contributed by atoms with Gasteiger partial charge in [-0.3, -0.25) is 4.79 Å². The van der Waals surface area contributed by atoms with Crippen LogP contribution in [0, 0.1) is 6.92 Å². The van der Waals surface area contributed by atoms with E-state index >= 15 is 0 Å². The maximum atomic E-state index is 11.5. The van der Waals surface area contributed by atoms with Crippen LogP contribution in [0.4, 0.5) is 5.69 Å². The summed E-state index contributed by atoms with van der Waals surface area (Å²) in [5, 5.41) is 11.1. The van der Waals surface area contributed by atoms with Crippen LogP contribution < -0.4 is 11.1 Å². The number of aryl methyl sites for hydroxylation is 1. The molecular weight excluding hydrogens is 180 g/mol. The number of rotatable bonds is 3. The van der Waals surface area contributed by atoms with Crippen LogP contribution in [0.2, 0.25) is 0 Å². The lowest BCUT2D eigenvalue weighted by molar-refractivity contribution is 0.0945. The zero-order chi connectivity index (χ0) is 10.6. The summed E-state index contributed by atoms with van der Waals surface area (Å²) in [5.74, 6) is -0.250. The average Bonchev–Trinajstić information content (AvgIpc) is 2.18. The number of para-hydroxylation sites is 1. The number of hydrogen-bond donors (Lipinski definition) is 3. The second-order valence-electron chi connectivity index (χ2n) is 3.02. The number of aliphatic hydroxyl groups is 1. The molecule has 0 aromatic heterocycles. The summed E-state index contributed by atoms with van der Waals surface area (Å²) in [6, 6.07) is 5.28. The molecule has 0 fully saturated rings. The summed E-state index contributed by atoms with van der Waals surface area (Å²) >= 11 is 0. The first-order valence-corrected chi connectivity index (χ1v) is 4.41. The largest absolute Gasteiger partial charge is 0.398 e. The summed E-state index contributed by atoms with van der Waals surface area (Å²) < 4.78 is 0. The Hall–Kier alpha value is -1.55. The molecule has 1 amide bonds. The maximum absolute atomic E-state index is 11.5. The fourth-order valence-corrected chi connectivity index (χ4v) is 1.14. The molecule has 4 nitrogen and oxygen atoms in total. The van der Waals surface area contributed by atoms with Gasteiger partial charge >= 0.3 is 0 Å². The van der Waals surface area contributed by atoms with Gasteiger partial charge in [-0.2, -0.15) is 0 Å². The highest BCUT2D eigenvalue weighted by Gasteiger charge is 2.09. The molecular formula is C10H14N2O2. The minimum atomic E-state index is -0.250. The standard InChI is InChI=1S/C10H14N2O2/c1-7-3-2-4-8(9(7)11)10(14)12-5-6-13/h2-4,13H,5-6,11H2,1H3,(H,12,14). The second-order valence-corrected chi connectivity index (χ2v) is 3.02. The quantitative estimate of drug-likeness (QED) is 0.606. The van der Waals surface area contributed by atoms with Gasteiger partial charge in [0.2, 0.25) is 0 Å². The number of nitrogens with two attached hydrogens (primary N) is 1. The van der Waals surface area contributed by atoms with E-state index in [1.807, 2.05) is 13.0 Å². The van der Waals surface area contributed by atoms with Crippen LogP contribution in [0.15, 0.2) is 18.2 Å². The molecule has 0 bridgehead atoms. The number of aliphatic hydroxyl groups excluding tert-OH is 1. The summed E-state index contributed by atoms with van der Waals surface area (Å²) in [6.45, 7) is 2.02. The Morgan fingerprint density at radius 1 is 1.57 bits per heavy atom. The first-order valence-electron chi connectivity index (χ1n) is 4.41. The molecule has 0 aliphatic carbocycles. The normalized spacial score (nSPS) is 9.86. The van der Waals surface area contributed by atoms with Gasteiger partial charge in [0.05, 0.1) is 12.2 Å². The molecule has 0 spiro atoms. The molecule has 0 heterocycles. The number of amides is 1. The predicted molar refractivity (Wildman–Crippen MR) is 55.0 cm³/mol. The van der Waals surface area contributed by atoms with Crippen LogP contribution in [-0.4, -0.2) is 24.2 Å². The molecule has 0 aliphatic heterocycles. The lowest BCUT2D eigenvalue weighted by atomic mass is 10.1. The van der Waals surface area contributed by atoms with E-state index in [1.54, 1.807) is 12.1 Å². The third kappa shape index (κ3) is 2.23. The van der Waals surface area contributed by atoms with Crippen LogP contribution in [0.1, 0.15) is 15.9 Å². The molecule has 1 aromatic carbocycles. The van der Waals surface area contributed by atoms with Gasteiger partial charge < -0.3 is 16.2 Å². The number of nitrogens with one attached hydrogen (secondary N) is 1. The minimum absolute atomic E-state index is 0.0720. The van der Waals surface area contributed by atoms with Crippen molar-refractivity contribution in [3.05, 3.63) is 29.3 Å². The van der Waals surface area contributed by atoms with Crippen molar-refractivity contribution in [2.75, 3.05) is 18.9 Å². The number of benzene rings is 1. The summed E-state index contributed by atoms with van der Waals surface area (Å²) in [6.07, 6.45) is 0. The number of anilines is 1. The molecule has 1 rings (SSSR count). The molecule has 4 N–H and O–H groups in total. The average molecular weight is 194 g/mol. The van der Waals surface area contributed by atoms with Crippen molar-refractivity contribution >= 4 is 11.6 Å². The maximum Gasteiger partial charge on any atom is 0.253 e.